The van der Waals surface area contributed by atoms with Crippen LogP contribution in [-0.4, -0.2) is 25.2 Å². The minimum Gasteiger partial charge on any atom is -0.377 e. The highest BCUT2D eigenvalue weighted by Gasteiger charge is 2.15. The number of anilines is 1. The summed E-state index contributed by atoms with van der Waals surface area (Å²) < 4.78 is 0. The lowest BCUT2D eigenvalue weighted by molar-refractivity contribution is 0.533. The van der Waals surface area contributed by atoms with Gasteiger partial charge in [-0.15, -0.1) is 0 Å². The summed E-state index contributed by atoms with van der Waals surface area (Å²) in [4.78, 5) is 2.17. The van der Waals surface area contributed by atoms with E-state index in [0.717, 1.165) is 17.7 Å². The van der Waals surface area contributed by atoms with E-state index in [1.165, 1.54) is 33.5 Å². The van der Waals surface area contributed by atoms with Crippen molar-refractivity contribution >= 4 is 17.5 Å². The molecular formula is C23H27N3. The third-order valence-electron chi connectivity index (χ3n) is 4.73. The molecule has 3 nitrogen and oxygen atoms in total. The number of hydrogen-bond donors (Lipinski definition) is 1. The monoisotopic (exact) mass is 345 g/mol. The third kappa shape index (κ3) is 3.72. The molecule has 2 aromatic carbocycles. The number of benzene rings is 2. The second-order valence-corrected chi connectivity index (χ2v) is 7.10. The summed E-state index contributed by atoms with van der Waals surface area (Å²) in [5.74, 6) is 0. The molecule has 1 aliphatic carbocycles. The molecule has 3 rings (SSSR count). The van der Waals surface area contributed by atoms with Gasteiger partial charge in [0.05, 0.1) is 11.9 Å². The highest BCUT2D eigenvalue weighted by molar-refractivity contribution is 5.90. The minimum absolute atomic E-state index is 0.960. The number of hydrazone groups is 1. The van der Waals surface area contributed by atoms with Crippen LogP contribution >= 0.6 is 0 Å². The van der Waals surface area contributed by atoms with E-state index in [0.29, 0.717) is 0 Å². The molecule has 134 valence electrons. The van der Waals surface area contributed by atoms with Crippen LogP contribution in [0.4, 0.5) is 5.69 Å². The van der Waals surface area contributed by atoms with Gasteiger partial charge in [-0.05, 0) is 55.5 Å². The molecule has 1 N–H and O–H groups in total. The van der Waals surface area contributed by atoms with Crippen molar-refractivity contribution in [1.82, 2.24) is 4.90 Å². The molecule has 0 saturated heterocycles. The van der Waals surface area contributed by atoms with E-state index in [4.69, 9.17) is 0 Å². The molecule has 1 aliphatic rings. The Morgan fingerprint density at radius 2 is 1.73 bits per heavy atom. The maximum absolute atomic E-state index is 4.53. The number of allylic oxidation sites excluding steroid dienone is 3. The third-order valence-corrected chi connectivity index (χ3v) is 4.73. The first-order valence-corrected chi connectivity index (χ1v) is 9.00. The highest BCUT2D eigenvalue weighted by atomic mass is 15.3. The van der Waals surface area contributed by atoms with Gasteiger partial charge in [0.1, 0.15) is 0 Å². The number of nitrogens with one attached hydrogen (secondary N) is 1. The first kappa shape index (κ1) is 18.0. The van der Waals surface area contributed by atoms with Crippen LogP contribution in [0.2, 0.25) is 0 Å². The van der Waals surface area contributed by atoms with Gasteiger partial charge in [-0.1, -0.05) is 48.0 Å². The van der Waals surface area contributed by atoms with Crippen molar-refractivity contribution in [3.63, 3.8) is 0 Å². The fraction of sp³-hybridized carbons (Fsp3) is 0.261. The van der Waals surface area contributed by atoms with Gasteiger partial charge >= 0.3 is 0 Å². The summed E-state index contributed by atoms with van der Waals surface area (Å²) in [6.45, 7) is 6.35. The smallest absolute Gasteiger partial charge is 0.0620 e. The van der Waals surface area contributed by atoms with E-state index >= 15 is 0 Å². The Morgan fingerprint density at radius 3 is 2.42 bits per heavy atom. The standard InChI is InChI=1S/C23H27N3/c1-16-13-17(2)23(18(3)14-16)25-24-15-19-9-6-7-10-20(19)21-11-8-12-22(21)26(4)5/h6-10,12-15,25H,11H2,1-5H3. The summed E-state index contributed by atoms with van der Waals surface area (Å²) in [5.41, 5.74) is 13.0. The van der Waals surface area contributed by atoms with E-state index in [1.54, 1.807) is 0 Å². The maximum Gasteiger partial charge on any atom is 0.0620 e. The molecule has 26 heavy (non-hydrogen) atoms. The average Bonchev–Trinajstić information content (AvgIpc) is 3.07. The molecule has 0 spiro atoms. The molecule has 0 fully saturated rings. The molecule has 0 unspecified atom stereocenters. The Balaban J connectivity index is 1.88. The number of hydrogen-bond acceptors (Lipinski definition) is 3. The zero-order valence-corrected chi connectivity index (χ0v) is 16.3. The van der Waals surface area contributed by atoms with Crippen LogP contribution < -0.4 is 5.43 Å². The van der Waals surface area contributed by atoms with Crippen LogP contribution in [0.1, 0.15) is 34.2 Å². The molecule has 0 bridgehead atoms. The van der Waals surface area contributed by atoms with Crippen molar-refractivity contribution in [3.8, 4) is 0 Å². The van der Waals surface area contributed by atoms with Gasteiger partial charge < -0.3 is 4.90 Å². The summed E-state index contributed by atoms with van der Waals surface area (Å²) in [6.07, 6.45) is 7.30. The van der Waals surface area contributed by atoms with E-state index < -0.39 is 0 Å². The van der Waals surface area contributed by atoms with E-state index in [-0.39, 0.29) is 0 Å². The summed E-state index contributed by atoms with van der Waals surface area (Å²) in [5, 5.41) is 4.53. The molecule has 0 aliphatic heterocycles. The fourth-order valence-corrected chi connectivity index (χ4v) is 3.57. The zero-order chi connectivity index (χ0) is 18.7. The number of rotatable bonds is 5. The van der Waals surface area contributed by atoms with Crippen molar-refractivity contribution < 1.29 is 0 Å². The fourth-order valence-electron chi connectivity index (χ4n) is 3.57. The molecule has 0 heterocycles. The molecule has 0 atom stereocenters. The lowest BCUT2D eigenvalue weighted by Gasteiger charge is -2.17. The highest BCUT2D eigenvalue weighted by Crippen LogP contribution is 2.31. The van der Waals surface area contributed by atoms with Crippen molar-refractivity contribution in [2.75, 3.05) is 19.5 Å². The molecule has 0 saturated carbocycles. The van der Waals surface area contributed by atoms with Gasteiger partial charge in [0.25, 0.3) is 0 Å². The van der Waals surface area contributed by atoms with Crippen LogP contribution in [0.5, 0.6) is 0 Å². The second-order valence-electron chi connectivity index (χ2n) is 7.10. The van der Waals surface area contributed by atoms with Gasteiger partial charge in [-0.3, -0.25) is 5.43 Å². The van der Waals surface area contributed by atoms with Crippen LogP contribution in [0, 0.1) is 20.8 Å². The molecule has 0 radical (unpaired) electrons. The van der Waals surface area contributed by atoms with E-state index in [1.807, 2.05) is 6.21 Å². The maximum atomic E-state index is 4.53. The Bertz CT molecular complexity index is 878. The first-order chi connectivity index (χ1) is 12.5. The zero-order valence-electron chi connectivity index (χ0n) is 16.3. The minimum atomic E-state index is 0.960. The first-order valence-electron chi connectivity index (χ1n) is 9.00. The number of nitrogens with zero attached hydrogens (tertiary/aromatic N) is 2. The summed E-state index contributed by atoms with van der Waals surface area (Å²) >= 11 is 0. The SMILES string of the molecule is Cc1cc(C)c(NN=Cc2ccccc2C2=C(N(C)C)C=CC2)c(C)c1. The second kappa shape index (κ2) is 7.61. The average molecular weight is 345 g/mol. The topological polar surface area (TPSA) is 27.6 Å². The van der Waals surface area contributed by atoms with Crippen molar-refractivity contribution in [2.24, 2.45) is 5.10 Å². The number of likely N-dealkylation sites (N-methyl/N-ethyl adjacent to an activating group) is 1. The Kier molecular flexibility index (Phi) is 5.27. The van der Waals surface area contributed by atoms with Gasteiger partial charge in [-0.2, -0.15) is 5.10 Å². The van der Waals surface area contributed by atoms with E-state index in [9.17, 15) is 0 Å². The molecular weight excluding hydrogens is 318 g/mol. The quantitative estimate of drug-likeness (QED) is 0.589. The van der Waals surface area contributed by atoms with Gasteiger partial charge in [0, 0.05) is 25.4 Å². The Morgan fingerprint density at radius 1 is 1.04 bits per heavy atom. The molecule has 3 heteroatoms. The van der Waals surface area contributed by atoms with E-state index in [2.05, 4.69) is 98.8 Å². The Labute approximate surface area is 156 Å². The lowest BCUT2D eigenvalue weighted by Crippen LogP contribution is -2.10. The normalized spacial score (nSPS) is 13.7. The van der Waals surface area contributed by atoms with Gasteiger partial charge in [0.15, 0.2) is 0 Å². The Hall–Kier alpha value is -2.81. The molecule has 0 aromatic heterocycles. The van der Waals surface area contributed by atoms with Crippen LogP contribution in [0.15, 0.2) is 59.3 Å². The van der Waals surface area contributed by atoms with Gasteiger partial charge in [-0.25, -0.2) is 0 Å². The van der Waals surface area contributed by atoms with Crippen molar-refractivity contribution in [3.05, 3.63) is 82.1 Å². The van der Waals surface area contributed by atoms with Crippen LogP contribution in [0.3, 0.4) is 0 Å². The van der Waals surface area contributed by atoms with Crippen LogP contribution in [0.25, 0.3) is 5.57 Å². The largest absolute Gasteiger partial charge is 0.377 e. The van der Waals surface area contributed by atoms with Crippen molar-refractivity contribution in [2.45, 2.75) is 27.2 Å². The van der Waals surface area contributed by atoms with Gasteiger partial charge in [0.2, 0.25) is 0 Å². The molecule has 2 aromatic rings. The van der Waals surface area contributed by atoms with Crippen molar-refractivity contribution in [1.29, 1.82) is 0 Å². The van der Waals surface area contributed by atoms with Crippen LogP contribution in [-0.2, 0) is 0 Å². The summed E-state index contributed by atoms with van der Waals surface area (Å²) in [7, 11) is 4.18. The predicted molar refractivity (Wildman–Crippen MR) is 113 cm³/mol. The number of aryl methyl sites for hydroxylation is 3. The predicted octanol–water partition coefficient (Wildman–Crippen LogP) is 5.29. The lowest BCUT2D eigenvalue weighted by atomic mass is 9.98. The summed E-state index contributed by atoms with van der Waals surface area (Å²) in [6, 6.07) is 12.8. The molecule has 0 amide bonds.